The Morgan fingerprint density at radius 2 is 2.30 bits per heavy atom. The Bertz CT molecular complexity index is 517. The van der Waals surface area contributed by atoms with Crippen LogP contribution in [0.15, 0.2) is 34.2 Å². The summed E-state index contributed by atoms with van der Waals surface area (Å²) in [5.74, 6) is 0.969. The average molecular weight is 355 g/mol. The lowest BCUT2D eigenvalue weighted by Crippen LogP contribution is -2.17. The minimum Gasteiger partial charge on any atom is -0.493 e. The van der Waals surface area contributed by atoms with Gasteiger partial charge in [-0.2, -0.15) is 0 Å². The van der Waals surface area contributed by atoms with Crippen LogP contribution in [0.25, 0.3) is 0 Å². The summed E-state index contributed by atoms with van der Waals surface area (Å²) < 4.78 is 6.85. The Kier molecular flexibility index (Phi) is 6.50. The van der Waals surface area contributed by atoms with Crippen molar-refractivity contribution in [2.75, 3.05) is 13.2 Å². The van der Waals surface area contributed by atoms with Gasteiger partial charge in [-0.1, -0.05) is 22.9 Å². The molecule has 2 rings (SSSR count). The van der Waals surface area contributed by atoms with Crippen molar-refractivity contribution in [3.63, 3.8) is 0 Å². The molecule has 1 aromatic heterocycles. The van der Waals surface area contributed by atoms with E-state index in [-0.39, 0.29) is 0 Å². The first-order chi connectivity index (χ1) is 9.79. The van der Waals surface area contributed by atoms with Crippen LogP contribution < -0.4 is 10.1 Å². The molecule has 0 radical (unpaired) electrons. The van der Waals surface area contributed by atoms with Gasteiger partial charge in [-0.25, -0.2) is 4.98 Å². The Hall–Kier alpha value is -0.910. The van der Waals surface area contributed by atoms with E-state index < -0.39 is 0 Å². The number of aromatic nitrogens is 1. The molecule has 0 bridgehead atoms. The first-order valence-corrected chi connectivity index (χ1v) is 8.47. The molecule has 1 aromatic carbocycles. The summed E-state index contributed by atoms with van der Waals surface area (Å²) in [7, 11) is 0. The van der Waals surface area contributed by atoms with Gasteiger partial charge in [0.2, 0.25) is 0 Å². The lowest BCUT2D eigenvalue weighted by atomic mass is 10.2. The molecule has 5 heteroatoms. The maximum Gasteiger partial charge on any atom is 0.123 e. The van der Waals surface area contributed by atoms with E-state index in [0.717, 1.165) is 42.8 Å². The van der Waals surface area contributed by atoms with Crippen LogP contribution in [0.2, 0.25) is 0 Å². The number of rotatable bonds is 8. The number of hydrogen-bond acceptors (Lipinski definition) is 4. The molecule has 0 atom stereocenters. The van der Waals surface area contributed by atoms with Crippen LogP contribution in [0.5, 0.6) is 5.75 Å². The minimum atomic E-state index is 0.758. The van der Waals surface area contributed by atoms with Crippen LogP contribution in [0.1, 0.15) is 23.9 Å². The molecule has 0 spiro atoms. The van der Waals surface area contributed by atoms with E-state index in [1.807, 2.05) is 23.7 Å². The third-order valence-corrected chi connectivity index (χ3v) is 4.13. The maximum absolute atomic E-state index is 5.77. The van der Waals surface area contributed by atoms with Gasteiger partial charge in [0.15, 0.2) is 0 Å². The Morgan fingerprint density at radius 1 is 1.40 bits per heavy atom. The van der Waals surface area contributed by atoms with Crippen LogP contribution in [-0.2, 0) is 13.0 Å². The van der Waals surface area contributed by atoms with Crippen LogP contribution in [0.4, 0.5) is 0 Å². The highest BCUT2D eigenvalue weighted by Gasteiger charge is 2.04. The quantitative estimate of drug-likeness (QED) is 0.726. The Balaban J connectivity index is 1.85. The summed E-state index contributed by atoms with van der Waals surface area (Å²) in [5.41, 5.74) is 1.19. The van der Waals surface area contributed by atoms with Crippen molar-refractivity contribution in [1.29, 1.82) is 0 Å². The molecule has 0 aliphatic carbocycles. The van der Waals surface area contributed by atoms with Gasteiger partial charge in [0.1, 0.15) is 5.75 Å². The third-order valence-electron chi connectivity index (χ3n) is 2.80. The lowest BCUT2D eigenvalue weighted by molar-refractivity contribution is 0.313. The molecule has 1 N–H and O–H groups in total. The summed E-state index contributed by atoms with van der Waals surface area (Å²) in [4.78, 5) is 4.28. The normalized spacial score (nSPS) is 10.7. The first-order valence-electron chi connectivity index (χ1n) is 6.80. The summed E-state index contributed by atoms with van der Waals surface area (Å²) in [6, 6.07) is 6.16. The van der Waals surface area contributed by atoms with Crippen LogP contribution >= 0.6 is 27.3 Å². The van der Waals surface area contributed by atoms with E-state index in [9.17, 15) is 0 Å². The fourth-order valence-corrected chi connectivity index (χ4v) is 2.86. The van der Waals surface area contributed by atoms with Gasteiger partial charge in [-0.15, -0.1) is 11.3 Å². The van der Waals surface area contributed by atoms with Gasteiger partial charge in [0, 0.05) is 41.1 Å². The van der Waals surface area contributed by atoms with Crippen molar-refractivity contribution in [2.45, 2.75) is 26.3 Å². The zero-order valence-electron chi connectivity index (χ0n) is 11.6. The standard InChI is InChI=1S/C15H19BrN2OS/c1-2-8-19-14-4-3-13(16)10-12(14)11-17-6-5-15-18-7-9-20-15/h3-4,7,9-10,17H,2,5-6,8,11H2,1H3. The predicted octanol–water partition coefficient (Wildman–Crippen LogP) is 4.03. The summed E-state index contributed by atoms with van der Waals surface area (Å²) in [5, 5.41) is 6.64. The Labute approximate surface area is 132 Å². The first kappa shape index (κ1) is 15.5. The molecule has 0 saturated heterocycles. The number of nitrogens with one attached hydrogen (secondary N) is 1. The molecule has 20 heavy (non-hydrogen) atoms. The second kappa shape index (κ2) is 8.39. The summed E-state index contributed by atoms with van der Waals surface area (Å²) >= 11 is 5.22. The van der Waals surface area contributed by atoms with Crippen LogP contribution in [0, 0.1) is 0 Å². The molecule has 0 aliphatic rings. The van der Waals surface area contributed by atoms with E-state index >= 15 is 0 Å². The number of ether oxygens (including phenoxy) is 1. The number of benzene rings is 1. The molecule has 0 fully saturated rings. The largest absolute Gasteiger partial charge is 0.493 e. The van der Waals surface area contributed by atoms with Crippen LogP contribution in [-0.4, -0.2) is 18.1 Å². The molecule has 0 unspecified atom stereocenters. The van der Waals surface area contributed by atoms with E-state index in [0.29, 0.717) is 0 Å². The highest BCUT2D eigenvalue weighted by Crippen LogP contribution is 2.23. The molecule has 108 valence electrons. The van der Waals surface area contributed by atoms with Crippen molar-refractivity contribution in [1.82, 2.24) is 10.3 Å². The van der Waals surface area contributed by atoms with Crippen molar-refractivity contribution in [3.05, 3.63) is 44.8 Å². The molecule has 0 saturated carbocycles. The molecule has 2 aromatic rings. The zero-order valence-corrected chi connectivity index (χ0v) is 14.0. The van der Waals surface area contributed by atoms with Crippen LogP contribution in [0.3, 0.4) is 0 Å². The van der Waals surface area contributed by atoms with Gasteiger partial charge in [-0.05, 0) is 24.6 Å². The van der Waals surface area contributed by atoms with E-state index in [1.54, 1.807) is 11.3 Å². The highest BCUT2D eigenvalue weighted by molar-refractivity contribution is 9.10. The molecular weight excluding hydrogens is 336 g/mol. The third kappa shape index (κ3) is 4.89. The molecule has 0 aliphatic heterocycles. The fraction of sp³-hybridized carbons (Fsp3) is 0.400. The Morgan fingerprint density at radius 3 is 3.05 bits per heavy atom. The second-order valence-electron chi connectivity index (χ2n) is 4.45. The van der Waals surface area contributed by atoms with Gasteiger partial charge in [-0.3, -0.25) is 0 Å². The van der Waals surface area contributed by atoms with E-state index in [4.69, 9.17) is 4.74 Å². The molecule has 1 heterocycles. The molecule has 3 nitrogen and oxygen atoms in total. The number of nitrogens with zero attached hydrogens (tertiary/aromatic N) is 1. The molecule has 0 amide bonds. The van der Waals surface area contributed by atoms with Gasteiger partial charge < -0.3 is 10.1 Å². The fourth-order valence-electron chi connectivity index (χ4n) is 1.83. The van der Waals surface area contributed by atoms with Crippen molar-refractivity contribution in [3.8, 4) is 5.75 Å². The van der Waals surface area contributed by atoms with Gasteiger partial charge >= 0.3 is 0 Å². The molecular formula is C15H19BrN2OS. The van der Waals surface area contributed by atoms with E-state index in [2.05, 4.69) is 39.2 Å². The average Bonchev–Trinajstić information content (AvgIpc) is 2.96. The van der Waals surface area contributed by atoms with Gasteiger partial charge in [0.25, 0.3) is 0 Å². The summed E-state index contributed by atoms with van der Waals surface area (Å²) in [6.45, 7) is 4.61. The van der Waals surface area contributed by atoms with Crippen molar-refractivity contribution in [2.24, 2.45) is 0 Å². The van der Waals surface area contributed by atoms with E-state index in [1.165, 1.54) is 10.6 Å². The number of hydrogen-bond donors (Lipinski definition) is 1. The predicted molar refractivity (Wildman–Crippen MR) is 87.5 cm³/mol. The maximum atomic E-state index is 5.77. The zero-order chi connectivity index (χ0) is 14.2. The topological polar surface area (TPSA) is 34.1 Å². The van der Waals surface area contributed by atoms with Crippen molar-refractivity contribution < 1.29 is 4.74 Å². The smallest absolute Gasteiger partial charge is 0.123 e. The van der Waals surface area contributed by atoms with Crippen molar-refractivity contribution >= 4 is 27.3 Å². The highest BCUT2D eigenvalue weighted by atomic mass is 79.9. The number of thiazole rings is 1. The number of halogens is 1. The second-order valence-corrected chi connectivity index (χ2v) is 6.35. The monoisotopic (exact) mass is 354 g/mol. The van der Waals surface area contributed by atoms with Gasteiger partial charge in [0.05, 0.1) is 11.6 Å². The minimum absolute atomic E-state index is 0.758. The summed E-state index contributed by atoms with van der Waals surface area (Å²) in [6.07, 6.45) is 3.84. The SMILES string of the molecule is CCCOc1ccc(Br)cc1CNCCc1nccs1. The lowest BCUT2D eigenvalue weighted by Gasteiger charge is -2.12.